The first-order valence-corrected chi connectivity index (χ1v) is 38.1. The molecule has 0 aromatic carbocycles. The Morgan fingerprint density at radius 3 is 1.07 bits per heavy atom. The number of ether oxygens (including phenoxy) is 4. The van der Waals surface area contributed by atoms with Gasteiger partial charge in [0.1, 0.15) is 48.8 Å². The van der Waals surface area contributed by atoms with Gasteiger partial charge in [0.15, 0.2) is 12.6 Å². The summed E-state index contributed by atoms with van der Waals surface area (Å²) in [6, 6.07) is -0.913. The molecule has 0 spiro atoms. The van der Waals surface area contributed by atoms with Gasteiger partial charge in [-0.3, -0.25) is 4.79 Å². The van der Waals surface area contributed by atoms with E-state index in [0.717, 1.165) is 38.5 Å². The predicted molar refractivity (Wildman–Crippen MR) is 365 cm³/mol. The minimum absolute atomic E-state index is 0.231. The lowest BCUT2D eigenvalue weighted by molar-refractivity contribution is -0.359. The van der Waals surface area contributed by atoms with E-state index in [0.29, 0.717) is 6.42 Å². The quantitative estimate of drug-likeness (QED) is 0.0204. The van der Waals surface area contributed by atoms with E-state index in [2.05, 4.69) is 31.3 Å². The molecule has 2 aliphatic rings. The van der Waals surface area contributed by atoms with Crippen LogP contribution >= 0.6 is 0 Å². The average Bonchev–Trinajstić information content (AvgIpc) is 3.62. The van der Waals surface area contributed by atoms with Gasteiger partial charge >= 0.3 is 0 Å². The highest BCUT2D eigenvalue weighted by molar-refractivity contribution is 5.76. The highest BCUT2D eigenvalue weighted by Crippen LogP contribution is 2.30. The fourth-order valence-corrected chi connectivity index (χ4v) is 12.8. The third kappa shape index (κ3) is 44.0. The maximum absolute atomic E-state index is 13.4. The molecule has 0 aromatic heterocycles. The van der Waals surface area contributed by atoms with Crippen LogP contribution in [0.4, 0.5) is 0 Å². The van der Waals surface area contributed by atoms with Crippen molar-refractivity contribution in [3.63, 3.8) is 0 Å². The summed E-state index contributed by atoms with van der Waals surface area (Å²) in [6.45, 7) is 2.86. The largest absolute Gasteiger partial charge is 0.394 e. The van der Waals surface area contributed by atoms with Crippen LogP contribution in [0.5, 0.6) is 0 Å². The van der Waals surface area contributed by atoms with E-state index in [9.17, 15) is 45.6 Å². The number of aliphatic hydroxyl groups is 8. The molecule has 0 aliphatic carbocycles. The number of nitrogens with one attached hydrogen (secondary N) is 1. The van der Waals surface area contributed by atoms with Crippen molar-refractivity contribution in [1.29, 1.82) is 0 Å². The van der Waals surface area contributed by atoms with Gasteiger partial charge in [0.25, 0.3) is 0 Å². The molecule has 9 N–H and O–H groups in total. The normalized spacial score (nSPS) is 23.1. The molecule has 2 aliphatic heterocycles. The molecule has 2 rings (SSSR count). The van der Waals surface area contributed by atoms with Crippen molar-refractivity contribution >= 4 is 5.91 Å². The third-order valence-corrected chi connectivity index (χ3v) is 18.9. The molecular formula is C75H143NO13. The molecule has 14 nitrogen and oxygen atoms in total. The van der Waals surface area contributed by atoms with Gasteiger partial charge in [-0.15, -0.1) is 0 Å². The zero-order valence-electron chi connectivity index (χ0n) is 57.5. The number of allylic oxidation sites excluding steroid dienone is 3. The predicted octanol–water partition coefficient (Wildman–Crippen LogP) is 16.3. The van der Waals surface area contributed by atoms with Crippen LogP contribution in [0.25, 0.3) is 0 Å². The number of amides is 1. The zero-order chi connectivity index (χ0) is 64.5. The van der Waals surface area contributed by atoms with E-state index in [1.165, 1.54) is 289 Å². The van der Waals surface area contributed by atoms with Gasteiger partial charge in [0, 0.05) is 6.42 Å². The molecule has 0 saturated carbocycles. The first-order chi connectivity index (χ1) is 43.6. The number of carbonyl (C=O) groups is 1. The number of hydrogen-bond donors (Lipinski definition) is 9. The molecule has 0 radical (unpaired) electrons. The van der Waals surface area contributed by atoms with Crippen molar-refractivity contribution in [2.75, 3.05) is 19.8 Å². The third-order valence-electron chi connectivity index (χ3n) is 18.9. The minimum Gasteiger partial charge on any atom is -0.394 e. The molecule has 1 amide bonds. The second-order valence-electron chi connectivity index (χ2n) is 27.1. The van der Waals surface area contributed by atoms with Gasteiger partial charge in [-0.1, -0.05) is 327 Å². The van der Waals surface area contributed by atoms with Crippen molar-refractivity contribution < 1.29 is 64.6 Å². The maximum Gasteiger partial charge on any atom is 0.220 e. The summed E-state index contributed by atoms with van der Waals surface area (Å²) in [7, 11) is 0. The Morgan fingerprint density at radius 2 is 0.708 bits per heavy atom. The first kappa shape index (κ1) is 83.6. The summed E-state index contributed by atoms with van der Waals surface area (Å²) in [6.07, 6.45) is 59.7. The SMILES string of the molecule is CCCCCCCCCC/C=C\CCCCCCCCCCCCCCCCCCCCCCCCCC(=O)NC(COC1OC(CO)C(OC2OC(CO)C(O)C(O)C2O)C(O)C1O)C(O)/C=C/CCCCCCCCCCCCCCCCCCCC. The highest BCUT2D eigenvalue weighted by atomic mass is 16.7. The smallest absolute Gasteiger partial charge is 0.220 e. The van der Waals surface area contributed by atoms with Crippen molar-refractivity contribution in [2.24, 2.45) is 0 Å². The summed E-state index contributed by atoms with van der Waals surface area (Å²) >= 11 is 0. The highest BCUT2D eigenvalue weighted by Gasteiger charge is 2.51. The molecule has 12 unspecified atom stereocenters. The summed E-state index contributed by atoms with van der Waals surface area (Å²) < 4.78 is 22.9. The molecular weight excluding hydrogens is 1120 g/mol. The lowest BCUT2D eigenvalue weighted by Gasteiger charge is -2.46. The summed E-state index contributed by atoms with van der Waals surface area (Å²) in [5.41, 5.74) is 0. The molecule has 0 bridgehead atoms. The first-order valence-electron chi connectivity index (χ1n) is 38.1. The van der Waals surface area contributed by atoms with Gasteiger partial charge in [-0.05, 0) is 44.9 Å². The van der Waals surface area contributed by atoms with Gasteiger partial charge < -0.3 is 65.1 Å². The molecule has 0 aromatic rings. The van der Waals surface area contributed by atoms with E-state index < -0.39 is 86.8 Å². The lowest BCUT2D eigenvalue weighted by atomic mass is 9.97. The van der Waals surface area contributed by atoms with Crippen LogP contribution < -0.4 is 5.32 Å². The summed E-state index contributed by atoms with van der Waals surface area (Å²) in [5, 5.41) is 87.5. The molecule has 12 atom stereocenters. The van der Waals surface area contributed by atoms with E-state index in [-0.39, 0.29) is 18.9 Å². The van der Waals surface area contributed by atoms with Crippen LogP contribution in [0.15, 0.2) is 24.3 Å². The number of rotatable bonds is 64. The van der Waals surface area contributed by atoms with Gasteiger partial charge in [-0.25, -0.2) is 0 Å². The Bertz CT molecular complexity index is 1590. The van der Waals surface area contributed by atoms with E-state index in [1.54, 1.807) is 6.08 Å². The second kappa shape index (κ2) is 60.2. The van der Waals surface area contributed by atoms with Crippen molar-refractivity contribution in [1.82, 2.24) is 5.32 Å². The Balaban J connectivity index is 1.60. The molecule has 526 valence electrons. The number of carbonyl (C=O) groups excluding carboxylic acids is 1. The fraction of sp³-hybridized carbons (Fsp3) is 0.933. The standard InChI is InChI=1S/C75H143NO13/c1-3-5-7-9-11-13-15-17-19-21-23-25-26-27-28-29-30-31-32-33-34-35-36-37-38-39-41-43-45-47-49-51-53-55-57-59-67(80)76-63(64(79)58-56-54-52-50-48-46-44-42-40-24-22-20-18-16-14-12-10-8-6-4-2)62-86-74-72(85)70(83)73(66(61-78)88-74)89-75-71(84)69(82)68(81)65(60-77)87-75/h21,23,56,58,63-66,68-75,77-79,81-85H,3-20,22,24-55,57,59-62H2,1-2H3,(H,76,80)/b23-21-,58-56+. The fourth-order valence-electron chi connectivity index (χ4n) is 12.8. The molecule has 2 heterocycles. The minimum atomic E-state index is -1.79. The zero-order valence-corrected chi connectivity index (χ0v) is 57.5. The van der Waals surface area contributed by atoms with Gasteiger partial charge in [-0.2, -0.15) is 0 Å². The monoisotopic (exact) mass is 1270 g/mol. The molecule has 2 saturated heterocycles. The van der Waals surface area contributed by atoms with E-state index >= 15 is 0 Å². The van der Waals surface area contributed by atoms with E-state index in [1.807, 2.05) is 6.08 Å². The van der Waals surface area contributed by atoms with Crippen LogP contribution in [0, 0.1) is 0 Å². The Hall–Kier alpha value is -1.53. The van der Waals surface area contributed by atoms with Crippen LogP contribution in [0.2, 0.25) is 0 Å². The summed E-state index contributed by atoms with van der Waals surface area (Å²) in [5.74, 6) is -0.231. The molecule has 89 heavy (non-hydrogen) atoms. The topological polar surface area (TPSA) is 228 Å². The van der Waals surface area contributed by atoms with Crippen molar-refractivity contribution in [3.8, 4) is 0 Å². The van der Waals surface area contributed by atoms with Crippen LogP contribution in [-0.4, -0.2) is 140 Å². The Kier molecular flexibility index (Phi) is 56.5. The molecule has 14 heteroatoms. The van der Waals surface area contributed by atoms with Crippen molar-refractivity contribution in [2.45, 2.75) is 428 Å². The van der Waals surface area contributed by atoms with Gasteiger partial charge in [0.05, 0.1) is 32.0 Å². The lowest BCUT2D eigenvalue weighted by Crippen LogP contribution is -2.65. The Morgan fingerprint density at radius 1 is 0.393 bits per heavy atom. The second-order valence-corrected chi connectivity index (χ2v) is 27.1. The number of aliphatic hydroxyl groups excluding tert-OH is 8. The maximum atomic E-state index is 13.4. The summed E-state index contributed by atoms with van der Waals surface area (Å²) in [4.78, 5) is 13.4. The van der Waals surface area contributed by atoms with E-state index in [4.69, 9.17) is 18.9 Å². The van der Waals surface area contributed by atoms with Crippen molar-refractivity contribution in [3.05, 3.63) is 24.3 Å². The Labute approximate surface area is 545 Å². The number of unbranched alkanes of at least 4 members (excludes halogenated alkanes) is 49. The van der Waals surface area contributed by atoms with Gasteiger partial charge in [0.2, 0.25) is 5.91 Å². The number of hydrogen-bond acceptors (Lipinski definition) is 13. The van der Waals surface area contributed by atoms with Crippen LogP contribution in [-0.2, 0) is 23.7 Å². The molecule has 2 fully saturated rings. The van der Waals surface area contributed by atoms with Crippen LogP contribution in [0.1, 0.15) is 354 Å². The van der Waals surface area contributed by atoms with Crippen LogP contribution in [0.3, 0.4) is 0 Å². The average molecular weight is 1270 g/mol.